The van der Waals surface area contributed by atoms with E-state index in [0.29, 0.717) is 5.13 Å². The normalized spacial score (nSPS) is 9.69. The predicted octanol–water partition coefficient (Wildman–Crippen LogP) is 0.824. The Hall–Kier alpha value is -1.43. The summed E-state index contributed by atoms with van der Waals surface area (Å²) in [5, 5.41) is 10.4. The minimum atomic E-state index is -1.08. The van der Waals surface area contributed by atoms with Crippen molar-refractivity contribution in [2.45, 2.75) is 6.92 Å². The van der Waals surface area contributed by atoms with E-state index in [1.165, 1.54) is 17.2 Å². The largest absolute Gasteiger partial charge is 0.476 e. The molecule has 0 bridgehead atoms. The van der Waals surface area contributed by atoms with Crippen LogP contribution in [0.25, 0.3) is 0 Å². The number of carbonyl (C=O) groups excluding carboxylic acids is 1. The maximum atomic E-state index is 10.9. The highest BCUT2D eigenvalue weighted by Gasteiger charge is 2.13. The molecule has 0 aliphatic rings. The number of aromatic nitrogens is 1. The van der Waals surface area contributed by atoms with Crippen molar-refractivity contribution in [2.75, 3.05) is 11.9 Å². The molecule has 13 heavy (non-hydrogen) atoms. The lowest BCUT2D eigenvalue weighted by Crippen LogP contribution is -2.22. The lowest BCUT2D eigenvalue weighted by Gasteiger charge is -2.08. The van der Waals surface area contributed by atoms with Gasteiger partial charge in [0.15, 0.2) is 10.8 Å². The maximum Gasteiger partial charge on any atom is 0.355 e. The zero-order chi connectivity index (χ0) is 10.0. The Morgan fingerprint density at radius 3 is 2.62 bits per heavy atom. The van der Waals surface area contributed by atoms with Gasteiger partial charge in [0.05, 0.1) is 0 Å². The molecular weight excluding hydrogens is 192 g/mol. The third kappa shape index (κ3) is 2.03. The molecule has 0 saturated heterocycles. The molecule has 0 saturated carbocycles. The minimum absolute atomic E-state index is 0.0342. The van der Waals surface area contributed by atoms with Crippen LogP contribution in [0.1, 0.15) is 17.4 Å². The number of carboxylic acids is 1. The summed E-state index contributed by atoms with van der Waals surface area (Å²) in [7, 11) is 1.55. The lowest BCUT2D eigenvalue weighted by atomic mass is 10.5. The molecule has 1 N–H and O–H groups in total. The molecule has 0 radical (unpaired) electrons. The maximum absolute atomic E-state index is 10.9. The molecular formula is C7H8N2O3S. The van der Waals surface area contributed by atoms with E-state index in [-0.39, 0.29) is 11.6 Å². The third-order valence-corrected chi connectivity index (χ3v) is 2.39. The van der Waals surface area contributed by atoms with Gasteiger partial charge >= 0.3 is 5.97 Å². The van der Waals surface area contributed by atoms with E-state index in [1.54, 1.807) is 7.05 Å². The van der Waals surface area contributed by atoms with E-state index in [1.807, 2.05) is 0 Å². The zero-order valence-corrected chi connectivity index (χ0v) is 7.96. The van der Waals surface area contributed by atoms with Crippen molar-refractivity contribution in [3.63, 3.8) is 0 Å². The second-order valence-electron chi connectivity index (χ2n) is 2.40. The highest BCUT2D eigenvalue weighted by Crippen LogP contribution is 2.18. The van der Waals surface area contributed by atoms with Crippen molar-refractivity contribution in [1.82, 2.24) is 4.98 Å². The molecule has 0 atom stereocenters. The van der Waals surface area contributed by atoms with Gasteiger partial charge in [-0.15, -0.1) is 11.3 Å². The van der Waals surface area contributed by atoms with Crippen LogP contribution < -0.4 is 4.90 Å². The quantitative estimate of drug-likeness (QED) is 0.767. The Bertz CT molecular complexity index is 347. The average Bonchev–Trinajstić information content (AvgIpc) is 2.50. The lowest BCUT2D eigenvalue weighted by molar-refractivity contribution is -0.116. The first-order chi connectivity index (χ1) is 6.02. The summed E-state index contributed by atoms with van der Waals surface area (Å²) in [4.78, 5) is 26.4. The molecule has 0 aliphatic heterocycles. The van der Waals surface area contributed by atoms with Gasteiger partial charge < -0.3 is 5.11 Å². The van der Waals surface area contributed by atoms with Gasteiger partial charge in [0.25, 0.3) is 0 Å². The topological polar surface area (TPSA) is 70.5 Å². The van der Waals surface area contributed by atoms with Gasteiger partial charge in [-0.3, -0.25) is 9.69 Å². The molecule has 1 aromatic rings. The molecule has 5 nitrogen and oxygen atoms in total. The van der Waals surface area contributed by atoms with Crippen LogP contribution >= 0.6 is 11.3 Å². The van der Waals surface area contributed by atoms with Gasteiger partial charge in [0.1, 0.15) is 0 Å². The number of nitrogens with zero attached hydrogens (tertiary/aromatic N) is 2. The van der Waals surface area contributed by atoms with Crippen LogP contribution in [0, 0.1) is 0 Å². The standard InChI is InChI=1S/C7H8N2O3S/c1-4(10)9(2)7-8-5(3-13-7)6(11)12/h3H,1-2H3,(H,11,12). The highest BCUT2D eigenvalue weighted by atomic mass is 32.1. The van der Waals surface area contributed by atoms with Gasteiger partial charge in [-0.2, -0.15) is 0 Å². The number of amides is 1. The molecule has 1 rings (SSSR count). The van der Waals surface area contributed by atoms with Crippen LogP contribution in [0.2, 0.25) is 0 Å². The number of carboxylic acid groups (broad SMARTS) is 1. The SMILES string of the molecule is CC(=O)N(C)c1nc(C(=O)O)cs1. The van der Waals surface area contributed by atoms with Crippen LogP contribution in [-0.4, -0.2) is 29.0 Å². The Morgan fingerprint density at radius 2 is 2.23 bits per heavy atom. The fourth-order valence-corrected chi connectivity index (χ4v) is 1.46. The summed E-state index contributed by atoms with van der Waals surface area (Å²) in [5.41, 5.74) is -0.0342. The van der Waals surface area contributed by atoms with Crippen LogP contribution in [0.5, 0.6) is 0 Å². The van der Waals surface area contributed by atoms with Crippen molar-refractivity contribution in [3.05, 3.63) is 11.1 Å². The monoisotopic (exact) mass is 200 g/mol. The van der Waals surface area contributed by atoms with Crippen LogP contribution in [0.3, 0.4) is 0 Å². The van der Waals surface area contributed by atoms with Crippen LogP contribution in [-0.2, 0) is 4.79 Å². The molecule has 1 aromatic heterocycles. The van der Waals surface area contributed by atoms with E-state index in [4.69, 9.17) is 5.11 Å². The Labute approximate surface area is 78.6 Å². The molecule has 1 amide bonds. The van der Waals surface area contributed by atoms with E-state index >= 15 is 0 Å². The van der Waals surface area contributed by atoms with E-state index in [9.17, 15) is 9.59 Å². The Balaban J connectivity index is 2.91. The van der Waals surface area contributed by atoms with E-state index in [0.717, 1.165) is 11.3 Å². The summed E-state index contributed by atoms with van der Waals surface area (Å²) >= 11 is 1.13. The van der Waals surface area contributed by atoms with Gasteiger partial charge in [-0.1, -0.05) is 0 Å². The van der Waals surface area contributed by atoms with Crippen molar-refractivity contribution in [3.8, 4) is 0 Å². The number of anilines is 1. The molecule has 1 heterocycles. The summed E-state index contributed by atoms with van der Waals surface area (Å²) in [5.74, 6) is -1.26. The second kappa shape index (κ2) is 3.53. The Kier molecular flexibility index (Phi) is 2.62. The summed E-state index contributed by atoms with van der Waals surface area (Å²) in [6.07, 6.45) is 0. The van der Waals surface area contributed by atoms with Gasteiger partial charge in [-0.05, 0) is 0 Å². The molecule has 6 heteroatoms. The summed E-state index contributed by atoms with van der Waals surface area (Å²) < 4.78 is 0. The fraction of sp³-hybridized carbons (Fsp3) is 0.286. The molecule has 70 valence electrons. The smallest absolute Gasteiger partial charge is 0.355 e. The van der Waals surface area contributed by atoms with Crippen LogP contribution in [0.15, 0.2) is 5.38 Å². The second-order valence-corrected chi connectivity index (χ2v) is 3.24. The number of carbonyl (C=O) groups is 2. The van der Waals surface area contributed by atoms with E-state index in [2.05, 4.69) is 4.98 Å². The van der Waals surface area contributed by atoms with Gasteiger partial charge in [-0.25, -0.2) is 9.78 Å². The van der Waals surface area contributed by atoms with Crippen molar-refractivity contribution in [2.24, 2.45) is 0 Å². The van der Waals surface area contributed by atoms with Crippen molar-refractivity contribution in [1.29, 1.82) is 0 Å². The molecule has 0 aliphatic carbocycles. The first-order valence-electron chi connectivity index (χ1n) is 3.45. The average molecular weight is 200 g/mol. The number of thiazole rings is 1. The van der Waals surface area contributed by atoms with Crippen molar-refractivity contribution < 1.29 is 14.7 Å². The number of rotatable bonds is 2. The highest BCUT2D eigenvalue weighted by molar-refractivity contribution is 7.14. The number of hydrogen-bond acceptors (Lipinski definition) is 4. The molecule has 0 unspecified atom stereocenters. The molecule has 0 spiro atoms. The first-order valence-corrected chi connectivity index (χ1v) is 4.33. The Morgan fingerprint density at radius 1 is 1.62 bits per heavy atom. The van der Waals surface area contributed by atoms with Gasteiger partial charge in [0, 0.05) is 19.4 Å². The first kappa shape index (κ1) is 9.66. The minimum Gasteiger partial charge on any atom is -0.476 e. The number of aromatic carboxylic acids is 1. The molecule has 0 fully saturated rings. The van der Waals surface area contributed by atoms with Crippen LogP contribution in [0.4, 0.5) is 5.13 Å². The third-order valence-electron chi connectivity index (χ3n) is 1.47. The summed E-state index contributed by atoms with van der Waals surface area (Å²) in [6, 6.07) is 0. The predicted molar refractivity (Wildman–Crippen MR) is 48.2 cm³/mol. The molecule has 0 aromatic carbocycles. The fourth-order valence-electron chi connectivity index (χ4n) is 0.651. The van der Waals surface area contributed by atoms with Gasteiger partial charge in [0.2, 0.25) is 5.91 Å². The zero-order valence-electron chi connectivity index (χ0n) is 7.14. The summed E-state index contributed by atoms with van der Waals surface area (Å²) in [6.45, 7) is 1.39. The van der Waals surface area contributed by atoms with E-state index < -0.39 is 5.97 Å². The van der Waals surface area contributed by atoms with Crippen molar-refractivity contribution >= 4 is 28.3 Å². The number of hydrogen-bond donors (Lipinski definition) is 1.